The molecule has 1 rings (SSSR count). The maximum Gasteiger partial charge on any atom is 0.225 e. The molecule has 0 heterocycles. The number of aryl methyl sites for hydroxylation is 1. The first-order chi connectivity index (χ1) is 10.9. The molecule has 24 heavy (non-hydrogen) atoms. The van der Waals surface area contributed by atoms with Crippen molar-refractivity contribution in [3.63, 3.8) is 0 Å². The summed E-state index contributed by atoms with van der Waals surface area (Å²) >= 11 is 0. The minimum Gasteiger partial charge on any atom is -0.356 e. The van der Waals surface area contributed by atoms with Crippen molar-refractivity contribution in [2.75, 3.05) is 26.7 Å². The highest BCUT2D eigenvalue weighted by Gasteiger charge is 2.20. The number of nitrogens with zero attached hydrogens (tertiary/aromatic N) is 1. The first-order valence-corrected chi connectivity index (χ1v) is 8.20. The topological polar surface area (TPSA) is 65.5 Å². The van der Waals surface area contributed by atoms with E-state index in [2.05, 4.69) is 45.2 Å². The zero-order chi connectivity index (χ0) is 17.1. The number of carbonyl (C=O) groups excluding carboxylic acids is 1. The third-order valence-electron chi connectivity index (χ3n) is 3.39. The summed E-state index contributed by atoms with van der Waals surface area (Å²) in [7, 11) is 1.75. The molecular weight excluding hydrogens is 415 g/mol. The number of benzene rings is 1. The molecule has 0 unspecified atom stereocenters. The van der Waals surface area contributed by atoms with Gasteiger partial charge in [0.25, 0.3) is 0 Å². The predicted octanol–water partition coefficient (Wildman–Crippen LogP) is 2.56. The van der Waals surface area contributed by atoms with Gasteiger partial charge >= 0.3 is 0 Å². The SMILES string of the molecule is CN=C(NCCCc1ccccc1)NCCNC(=O)C(C)(C)C.I. The summed E-state index contributed by atoms with van der Waals surface area (Å²) in [5.74, 6) is 0.827. The Morgan fingerprint density at radius 1 is 1.00 bits per heavy atom. The first-order valence-electron chi connectivity index (χ1n) is 8.20. The van der Waals surface area contributed by atoms with Gasteiger partial charge in [0.2, 0.25) is 5.91 Å². The van der Waals surface area contributed by atoms with Crippen molar-refractivity contribution in [1.29, 1.82) is 0 Å². The molecule has 6 heteroatoms. The molecule has 0 aliphatic carbocycles. The Morgan fingerprint density at radius 3 is 2.17 bits per heavy atom. The summed E-state index contributed by atoms with van der Waals surface area (Å²) in [6.07, 6.45) is 2.10. The molecule has 0 aromatic heterocycles. The highest BCUT2D eigenvalue weighted by atomic mass is 127. The van der Waals surface area contributed by atoms with E-state index in [1.165, 1.54) is 5.56 Å². The second kappa shape index (κ2) is 12.1. The van der Waals surface area contributed by atoms with Crippen LogP contribution >= 0.6 is 24.0 Å². The Morgan fingerprint density at radius 2 is 1.58 bits per heavy atom. The second-order valence-corrected chi connectivity index (χ2v) is 6.52. The number of guanidine groups is 1. The Balaban J connectivity index is 0.00000529. The molecular formula is C18H31IN4O. The Hall–Kier alpha value is -1.31. The van der Waals surface area contributed by atoms with Gasteiger partial charge in [0.05, 0.1) is 0 Å². The largest absolute Gasteiger partial charge is 0.356 e. The maximum atomic E-state index is 11.7. The Kier molecular flexibility index (Phi) is 11.4. The van der Waals surface area contributed by atoms with Gasteiger partial charge in [0, 0.05) is 32.1 Å². The fourth-order valence-electron chi connectivity index (χ4n) is 1.99. The van der Waals surface area contributed by atoms with Gasteiger partial charge < -0.3 is 16.0 Å². The quantitative estimate of drug-likeness (QED) is 0.261. The van der Waals surface area contributed by atoms with E-state index in [4.69, 9.17) is 0 Å². The van der Waals surface area contributed by atoms with Crippen LogP contribution in [0.2, 0.25) is 0 Å². The number of carbonyl (C=O) groups is 1. The van der Waals surface area contributed by atoms with E-state index >= 15 is 0 Å². The van der Waals surface area contributed by atoms with Crippen LogP contribution in [0.1, 0.15) is 32.8 Å². The lowest BCUT2D eigenvalue weighted by atomic mass is 9.96. The molecule has 0 saturated heterocycles. The van der Waals surface area contributed by atoms with Crippen LogP contribution in [0.3, 0.4) is 0 Å². The highest BCUT2D eigenvalue weighted by molar-refractivity contribution is 14.0. The van der Waals surface area contributed by atoms with Gasteiger partial charge in [-0.05, 0) is 18.4 Å². The predicted molar refractivity (Wildman–Crippen MR) is 112 cm³/mol. The third-order valence-corrected chi connectivity index (χ3v) is 3.39. The molecule has 0 aliphatic rings. The van der Waals surface area contributed by atoms with Gasteiger partial charge in [-0.3, -0.25) is 9.79 Å². The molecule has 1 amide bonds. The molecule has 0 bridgehead atoms. The minimum absolute atomic E-state index is 0. The van der Waals surface area contributed by atoms with Crippen LogP contribution in [0.5, 0.6) is 0 Å². The van der Waals surface area contributed by atoms with Crippen LogP contribution in [-0.2, 0) is 11.2 Å². The lowest BCUT2D eigenvalue weighted by Crippen LogP contribution is -2.43. The molecule has 0 spiro atoms. The van der Waals surface area contributed by atoms with Crippen LogP contribution in [-0.4, -0.2) is 38.5 Å². The number of aliphatic imine (C=N–C) groups is 1. The van der Waals surface area contributed by atoms with Crippen LogP contribution in [0.25, 0.3) is 0 Å². The van der Waals surface area contributed by atoms with Crippen molar-refractivity contribution in [3.8, 4) is 0 Å². The molecule has 136 valence electrons. The monoisotopic (exact) mass is 446 g/mol. The van der Waals surface area contributed by atoms with Crippen molar-refractivity contribution in [3.05, 3.63) is 35.9 Å². The van der Waals surface area contributed by atoms with E-state index in [-0.39, 0.29) is 35.3 Å². The van der Waals surface area contributed by atoms with Gasteiger partial charge in [0.15, 0.2) is 5.96 Å². The maximum absolute atomic E-state index is 11.7. The van der Waals surface area contributed by atoms with Gasteiger partial charge in [0.1, 0.15) is 0 Å². The fourth-order valence-corrected chi connectivity index (χ4v) is 1.99. The van der Waals surface area contributed by atoms with E-state index in [0.29, 0.717) is 13.1 Å². The Labute approximate surface area is 163 Å². The molecule has 1 aromatic rings. The average molecular weight is 446 g/mol. The summed E-state index contributed by atoms with van der Waals surface area (Å²) in [6, 6.07) is 10.5. The van der Waals surface area contributed by atoms with Gasteiger partial charge in [-0.25, -0.2) is 0 Å². The zero-order valence-corrected chi connectivity index (χ0v) is 17.5. The molecule has 3 N–H and O–H groups in total. The molecule has 0 aliphatic heterocycles. The van der Waals surface area contributed by atoms with Crippen molar-refractivity contribution < 1.29 is 4.79 Å². The van der Waals surface area contributed by atoms with Crippen molar-refractivity contribution in [2.24, 2.45) is 10.4 Å². The number of rotatable bonds is 7. The lowest BCUT2D eigenvalue weighted by Gasteiger charge is -2.18. The summed E-state index contributed by atoms with van der Waals surface area (Å²) in [5, 5.41) is 9.39. The van der Waals surface area contributed by atoms with E-state index < -0.39 is 0 Å². The van der Waals surface area contributed by atoms with E-state index in [9.17, 15) is 4.79 Å². The number of hydrogen-bond acceptors (Lipinski definition) is 2. The number of hydrogen-bond donors (Lipinski definition) is 3. The first kappa shape index (κ1) is 22.7. The second-order valence-electron chi connectivity index (χ2n) is 6.52. The van der Waals surface area contributed by atoms with Crippen molar-refractivity contribution >= 4 is 35.8 Å². The molecule has 0 saturated carbocycles. The number of nitrogens with one attached hydrogen (secondary N) is 3. The van der Waals surface area contributed by atoms with Crippen LogP contribution in [0.4, 0.5) is 0 Å². The smallest absolute Gasteiger partial charge is 0.225 e. The van der Waals surface area contributed by atoms with Crippen molar-refractivity contribution in [1.82, 2.24) is 16.0 Å². The Bertz CT molecular complexity index is 497. The normalized spacial score (nSPS) is 11.4. The highest BCUT2D eigenvalue weighted by Crippen LogP contribution is 2.11. The molecule has 5 nitrogen and oxygen atoms in total. The fraction of sp³-hybridized carbons (Fsp3) is 0.556. The molecule has 0 atom stereocenters. The van der Waals surface area contributed by atoms with E-state index in [1.54, 1.807) is 7.05 Å². The molecule has 0 fully saturated rings. The van der Waals surface area contributed by atoms with Crippen LogP contribution in [0, 0.1) is 5.41 Å². The molecule has 0 radical (unpaired) electrons. The van der Waals surface area contributed by atoms with Gasteiger partial charge in [-0.1, -0.05) is 51.1 Å². The summed E-state index contributed by atoms with van der Waals surface area (Å²) in [4.78, 5) is 15.9. The van der Waals surface area contributed by atoms with Crippen LogP contribution in [0.15, 0.2) is 35.3 Å². The number of amides is 1. The lowest BCUT2D eigenvalue weighted by molar-refractivity contribution is -0.128. The van der Waals surface area contributed by atoms with E-state index in [1.807, 2.05) is 26.8 Å². The average Bonchev–Trinajstić information content (AvgIpc) is 2.53. The minimum atomic E-state index is -0.350. The van der Waals surface area contributed by atoms with Gasteiger partial charge in [-0.2, -0.15) is 0 Å². The summed E-state index contributed by atoms with van der Waals surface area (Å²) in [5.41, 5.74) is 0.999. The summed E-state index contributed by atoms with van der Waals surface area (Å²) < 4.78 is 0. The molecule has 1 aromatic carbocycles. The standard InChI is InChI=1S/C18H30N4O.HI/c1-18(2,3)16(23)20-13-14-22-17(19-4)21-12-8-11-15-9-6-5-7-10-15;/h5-7,9-10H,8,11-14H2,1-4H3,(H,20,23)(H2,19,21,22);1H. The zero-order valence-electron chi connectivity index (χ0n) is 15.2. The third kappa shape index (κ3) is 9.75. The summed E-state index contributed by atoms with van der Waals surface area (Å²) in [6.45, 7) is 7.82. The van der Waals surface area contributed by atoms with E-state index in [0.717, 1.165) is 25.3 Å². The number of halogens is 1. The van der Waals surface area contributed by atoms with Crippen molar-refractivity contribution in [2.45, 2.75) is 33.6 Å². The van der Waals surface area contributed by atoms with Gasteiger partial charge in [-0.15, -0.1) is 24.0 Å². The van der Waals surface area contributed by atoms with Crippen LogP contribution < -0.4 is 16.0 Å².